The van der Waals surface area contributed by atoms with Crippen LogP contribution in [0.2, 0.25) is 0 Å². The number of hydrogen-bond acceptors (Lipinski definition) is 5. The fraction of sp³-hybridized carbons (Fsp3) is 0.857. The molecular formula is C14H25NO5. The summed E-state index contributed by atoms with van der Waals surface area (Å²) in [6, 6.07) is 0. The van der Waals surface area contributed by atoms with E-state index in [0.29, 0.717) is 26.2 Å². The lowest BCUT2D eigenvalue weighted by atomic mass is 9.88. The average molecular weight is 287 g/mol. The maximum Gasteiger partial charge on any atom is 0.407 e. The summed E-state index contributed by atoms with van der Waals surface area (Å²) >= 11 is 0. The summed E-state index contributed by atoms with van der Waals surface area (Å²) in [4.78, 5) is 23.4. The first kappa shape index (κ1) is 16.8. The summed E-state index contributed by atoms with van der Waals surface area (Å²) < 4.78 is 15.4. The van der Waals surface area contributed by atoms with Crippen LogP contribution in [0.3, 0.4) is 0 Å². The zero-order valence-electron chi connectivity index (χ0n) is 12.7. The van der Waals surface area contributed by atoms with E-state index in [-0.39, 0.29) is 17.8 Å². The van der Waals surface area contributed by atoms with Gasteiger partial charge >= 0.3 is 12.1 Å². The van der Waals surface area contributed by atoms with Crippen LogP contribution in [0.5, 0.6) is 0 Å². The second kappa shape index (κ2) is 7.47. The molecule has 1 fully saturated rings. The van der Waals surface area contributed by atoms with Crippen LogP contribution < -0.4 is 5.32 Å². The number of esters is 1. The second-order valence-electron chi connectivity index (χ2n) is 5.96. The minimum Gasteiger partial charge on any atom is -0.469 e. The van der Waals surface area contributed by atoms with Gasteiger partial charge in [-0.25, -0.2) is 4.79 Å². The lowest BCUT2D eigenvalue weighted by molar-refractivity contribution is -0.147. The third kappa shape index (κ3) is 5.77. The fourth-order valence-corrected chi connectivity index (χ4v) is 2.22. The van der Waals surface area contributed by atoms with E-state index in [4.69, 9.17) is 14.2 Å². The molecule has 2 atom stereocenters. The average Bonchev–Trinajstić information content (AvgIpc) is 2.58. The van der Waals surface area contributed by atoms with E-state index in [1.165, 1.54) is 7.11 Å². The van der Waals surface area contributed by atoms with Gasteiger partial charge in [-0.15, -0.1) is 0 Å². The molecular weight excluding hydrogens is 262 g/mol. The van der Waals surface area contributed by atoms with Crippen LogP contribution in [0.1, 0.15) is 33.6 Å². The van der Waals surface area contributed by atoms with E-state index in [1.54, 1.807) is 0 Å². The van der Waals surface area contributed by atoms with Gasteiger partial charge in [-0.05, 0) is 39.5 Å². The Bertz CT molecular complexity index is 337. The van der Waals surface area contributed by atoms with Gasteiger partial charge in [0.05, 0.1) is 13.0 Å². The molecule has 0 bridgehead atoms. The van der Waals surface area contributed by atoms with Crippen molar-refractivity contribution in [2.75, 3.05) is 26.9 Å². The van der Waals surface area contributed by atoms with E-state index < -0.39 is 11.7 Å². The Labute approximate surface area is 120 Å². The summed E-state index contributed by atoms with van der Waals surface area (Å²) in [5.41, 5.74) is -0.529. The summed E-state index contributed by atoms with van der Waals surface area (Å²) in [5, 5.41) is 2.72. The molecule has 0 saturated carbocycles. The van der Waals surface area contributed by atoms with Crippen molar-refractivity contribution >= 4 is 12.1 Å². The Morgan fingerprint density at radius 3 is 2.50 bits per heavy atom. The quantitative estimate of drug-likeness (QED) is 0.800. The Morgan fingerprint density at radius 2 is 1.90 bits per heavy atom. The van der Waals surface area contributed by atoms with E-state index in [9.17, 15) is 9.59 Å². The number of methoxy groups -OCH3 is 1. The standard InChI is InChI=1S/C14H25NO5/c1-14(2,3)20-13(17)15-9-10-5-7-19-8-6-11(10)12(16)18-4/h10-11H,5-9H2,1-4H3,(H,15,17)/t10-,11+/m0/s1. The molecule has 0 aromatic carbocycles. The normalized spacial score (nSPS) is 23.6. The van der Waals surface area contributed by atoms with Crippen molar-refractivity contribution in [3.63, 3.8) is 0 Å². The maximum absolute atomic E-state index is 11.8. The molecule has 1 N–H and O–H groups in total. The highest BCUT2D eigenvalue weighted by Gasteiger charge is 2.31. The number of ether oxygens (including phenoxy) is 3. The second-order valence-corrected chi connectivity index (χ2v) is 5.96. The van der Waals surface area contributed by atoms with Crippen LogP contribution in [0, 0.1) is 11.8 Å². The SMILES string of the molecule is COC(=O)[C@@H]1CCOCC[C@H]1CNC(=O)OC(C)(C)C. The Hall–Kier alpha value is -1.30. The molecule has 116 valence electrons. The Kier molecular flexibility index (Phi) is 6.26. The number of amides is 1. The molecule has 0 aliphatic carbocycles. The Balaban J connectivity index is 2.53. The van der Waals surface area contributed by atoms with Crippen molar-refractivity contribution in [3.05, 3.63) is 0 Å². The lowest BCUT2D eigenvalue weighted by Gasteiger charge is -2.24. The molecule has 0 radical (unpaired) electrons. The summed E-state index contributed by atoms with van der Waals surface area (Å²) in [6.45, 7) is 6.95. The predicted octanol–water partition coefficient (Wildman–Crippen LogP) is 1.73. The molecule has 6 nitrogen and oxygen atoms in total. The molecule has 1 saturated heterocycles. The first-order chi connectivity index (χ1) is 9.33. The highest BCUT2D eigenvalue weighted by atomic mass is 16.6. The minimum atomic E-state index is -0.529. The van der Waals surface area contributed by atoms with Crippen molar-refractivity contribution in [1.82, 2.24) is 5.32 Å². The molecule has 0 aromatic rings. The smallest absolute Gasteiger partial charge is 0.407 e. The van der Waals surface area contributed by atoms with Gasteiger partial charge in [-0.2, -0.15) is 0 Å². The first-order valence-electron chi connectivity index (χ1n) is 6.96. The summed E-state index contributed by atoms with van der Waals surface area (Å²) in [6.07, 6.45) is 0.870. The van der Waals surface area contributed by atoms with E-state index in [1.807, 2.05) is 20.8 Å². The number of alkyl carbamates (subject to hydrolysis) is 1. The summed E-state index contributed by atoms with van der Waals surface area (Å²) in [7, 11) is 1.38. The number of carbonyl (C=O) groups excluding carboxylic acids is 2. The van der Waals surface area contributed by atoms with Crippen LogP contribution >= 0.6 is 0 Å². The van der Waals surface area contributed by atoms with Gasteiger partial charge in [0.2, 0.25) is 0 Å². The van der Waals surface area contributed by atoms with Crippen LogP contribution in [0.4, 0.5) is 4.79 Å². The zero-order chi connectivity index (χ0) is 15.2. The molecule has 1 amide bonds. The van der Waals surface area contributed by atoms with Crippen LogP contribution in [0.15, 0.2) is 0 Å². The molecule has 0 unspecified atom stereocenters. The van der Waals surface area contributed by atoms with Gasteiger partial charge in [-0.1, -0.05) is 0 Å². The van der Waals surface area contributed by atoms with Crippen LogP contribution in [-0.4, -0.2) is 44.5 Å². The topological polar surface area (TPSA) is 73.9 Å². The molecule has 6 heteroatoms. The van der Waals surface area contributed by atoms with Crippen LogP contribution in [-0.2, 0) is 19.0 Å². The van der Waals surface area contributed by atoms with Gasteiger partial charge < -0.3 is 19.5 Å². The monoisotopic (exact) mass is 287 g/mol. The van der Waals surface area contributed by atoms with Crippen molar-refractivity contribution in [2.45, 2.75) is 39.2 Å². The third-order valence-corrected chi connectivity index (χ3v) is 3.19. The number of nitrogens with one attached hydrogen (secondary N) is 1. The fourth-order valence-electron chi connectivity index (χ4n) is 2.22. The highest BCUT2D eigenvalue weighted by Crippen LogP contribution is 2.24. The van der Waals surface area contributed by atoms with E-state index in [2.05, 4.69) is 5.32 Å². The molecule has 20 heavy (non-hydrogen) atoms. The minimum absolute atomic E-state index is 0.0115. The van der Waals surface area contributed by atoms with Gasteiger partial charge in [0.25, 0.3) is 0 Å². The van der Waals surface area contributed by atoms with Gasteiger partial charge in [0, 0.05) is 19.8 Å². The molecule has 1 rings (SSSR count). The van der Waals surface area contributed by atoms with E-state index in [0.717, 1.165) is 6.42 Å². The van der Waals surface area contributed by atoms with Gasteiger partial charge in [0.15, 0.2) is 0 Å². The van der Waals surface area contributed by atoms with Crippen molar-refractivity contribution in [3.8, 4) is 0 Å². The zero-order valence-corrected chi connectivity index (χ0v) is 12.7. The molecule has 1 aliphatic rings. The maximum atomic E-state index is 11.8. The van der Waals surface area contributed by atoms with Crippen molar-refractivity contribution in [2.24, 2.45) is 11.8 Å². The van der Waals surface area contributed by atoms with Crippen molar-refractivity contribution in [1.29, 1.82) is 0 Å². The molecule has 1 heterocycles. The van der Waals surface area contributed by atoms with E-state index >= 15 is 0 Å². The Morgan fingerprint density at radius 1 is 1.25 bits per heavy atom. The first-order valence-corrected chi connectivity index (χ1v) is 6.96. The largest absolute Gasteiger partial charge is 0.469 e. The highest BCUT2D eigenvalue weighted by molar-refractivity contribution is 5.73. The van der Waals surface area contributed by atoms with Gasteiger partial charge in [0.1, 0.15) is 5.60 Å². The third-order valence-electron chi connectivity index (χ3n) is 3.19. The van der Waals surface area contributed by atoms with Crippen LogP contribution in [0.25, 0.3) is 0 Å². The van der Waals surface area contributed by atoms with Crippen molar-refractivity contribution < 1.29 is 23.8 Å². The molecule has 1 aliphatic heterocycles. The summed E-state index contributed by atoms with van der Waals surface area (Å²) in [5.74, 6) is -0.471. The predicted molar refractivity (Wildman–Crippen MR) is 73.3 cm³/mol. The molecule has 0 spiro atoms. The molecule has 0 aromatic heterocycles. The lowest BCUT2D eigenvalue weighted by Crippen LogP contribution is -2.38. The van der Waals surface area contributed by atoms with Gasteiger partial charge in [-0.3, -0.25) is 4.79 Å². The number of rotatable bonds is 3. The number of hydrogen-bond donors (Lipinski definition) is 1. The number of carbonyl (C=O) groups is 2.